The average molecular weight is 357 g/mol. The first-order valence-electron chi connectivity index (χ1n) is 8.67. The molecule has 0 aliphatic carbocycles. The van der Waals surface area contributed by atoms with Crippen LogP contribution in [-0.4, -0.2) is 25.8 Å². The van der Waals surface area contributed by atoms with Gasteiger partial charge in [0.15, 0.2) is 5.16 Å². The van der Waals surface area contributed by atoms with Crippen molar-refractivity contribution in [3.8, 4) is 5.75 Å². The number of fused-ring (bicyclic) bond motifs is 1. The SMILES string of the molecule is CCCCCCOc1ccnc(CS(=O)c2nc3ccccc3[nH]2)c1. The van der Waals surface area contributed by atoms with Crippen molar-refractivity contribution in [1.29, 1.82) is 0 Å². The monoisotopic (exact) mass is 357 g/mol. The lowest BCUT2D eigenvalue weighted by Crippen LogP contribution is -2.02. The Bertz CT molecular complexity index is 814. The Labute approximate surface area is 150 Å². The molecule has 3 aromatic rings. The standard InChI is InChI=1S/C19H23N3O2S/c1-2-3-4-7-12-24-16-10-11-20-15(13-16)14-25(23)19-21-17-8-5-6-9-18(17)22-19/h5-6,8-11,13H,2-4,7,12,14H2,1H3,(H,21,22). The summed E-state index contributed by atoms with van der Waals surface area (Å²) in [6, 6.07) is 11.4. The zero-order valence-electron chi connectivity index (χ0n) is 14.4. The van der Waals surface area contributed by atoms with Crippen LogP contribution in [0.15, 0.2) is 47.8 Å². The molecule has 0 aliphatic heterocycles. The Morgan fingerprint density at radius 2 is 2.04 bits per heavy atom. The minimum atomic E-state index is -1.27. The van der Waals surface area contributed by atoms with Gasteiger partial charge in [-0.05, 0) is 24.6 Å². The first-order valence-corrected chi connectivity index (χ1v) is 9.99. The molecule has 2 heterocycles. The third kappa shape index (κ3) is 4.89. The second-order valence-corrected chi connectivity index (χ2v) is 7.31. The van der Waals surface area contributed by atoms with Crippen molar-refractivity contribution < 1.29 is 8.95 Å². The van der Waals surface area contributed by atoms with E-state index in [1.165, 1.54) is 19.3 Å². The normalized spacial score (nSPS) is 12.4. The minimum absolute atomic E-state index is 0.312. The predicted octanol–water partition coefficient (Wildman–Crippen LogP) is 4.22. The highest BCUT2D eigenvalue weighted by molar-refractivity contribution is 7.84. The largest absolute Gasteiger partial charge is 0.493 e. The molecule has 0 bridgehead atoms. The molecule has 5 nitrogen and oxygen atoms in total. The van der Waals surface area contributed by atoms with Crippen molar-refractivity contribution in [2.75, 3.05) is 6.61 Å². The molecule has 0 aliphatic rings. The number of rotatable bonds is 9. The van der Waals surface area contributed by atoms with Crippen LogP contribution >= 0.6 is 0 Å². The number of benzene rings is 1. The van der Waals surface area contributed by atoms with E-state index in [9.17, 15) is 4.21 Å². The van der Waals surface area contributed by atoms with Crippen LogP contribution < -0.4 is 4.74 Å². The van der Waals surface area contributed by atoms with Crippen LogP contribution in [-0.2, 0) is 16.6 Å². The summed E-state index contributed by atoms with van der Waals surface area (Å²) in [5.41, 5.74) is 2.45. The third-order valence-corrected chi connectivity index (χ3v) is 5.10. The molecule has 0 amide bonds. The number of para-hydroxylation sites is 2. The fourth-order valence-corrected chi connectivity index (χ4v) is 3.57. The van der Waals surface area contributed by atoms with Crippen LogP contribution in [0.3, 0.4) is 0 Å². The first kappa shape index (κ1) is 17.6. The number of imidazole rings is 1. The fraction of sp³-hybridized carbons (Fsp3) is 0.368. The van der Waals surface area contributed by atoms with E-state index in [4.69, 9.17) is 4.74 Å². The van der Waals surface area contributed by atoms with Gasteiger partial charge in [-0.25, -0.2) is 4.98 Å². The number of ether oxygens (including phenoxy) is 1. The van der Waals surface area contributed by atoms with E-state index in [1.807, 2.05) is 36.4 Å². The van der Waals surface area contributed by atoms with Crippen LogP contribution in [0.25, 0.3) is 11.0 Å². The highest BCUT2D eigenvalue weighted by Crippen LogP contribution is 2.17. The van der Waals surface area contributed by atoms with E-state index < -0.39 is 10.8 Å². The maximum Gasteiger partial charge on any atom is 0.197 e. The van der Waals surface area contributed by atoms with Gasteiger partial charge >= 0.3 is 0 Å². The molecular formula is C19H23N3O2S. The zero-order valence-corrected chi connectivity index (χ0v) is 15.2. The van der Waals surface area contributed by atoms with E-state index in [0.29, 0.717) is 17.5 Å². The lowest BCUT2D eigenvalue weighted by atomic mass is 10.2. The fourth-order valence-electron chi connectivity index (χ4n) is 2.58. The van der Waals surface area contributed by atoms with Gasteiger partial charge in [-0.3, -0.25) is 9.19 Å². The van der Waals surface area contributed by atoms with Crippen LogP contribution in [0.4, 0.5) is 0 Å². The molecule has 0 saturated heterocycles. The number of nitrogens with zero attached hydrogens (tertiary/aromatic N) is 2. The van der Waals surface area contributed by atoms with Crippen LogP contribution in [0.5, 0.6) is 5.75 Å². The molecule has 25 heavy (non-hydrogen) atoms. The molecule has 0 radical (unpaired) electrons. The van der Waals surface area contributed by atoms with Gasteiger partial charge in [0.1, 0.15) is 5.75 Å². The summed E-state index contributed by atoms with van der Waals surface area (Å²) < 4.78 is 18.3. The Morgan fingerprint density at radius 1 is 1.16 bits per heavy atom. The highest BCUT2D eigenvalue weighted by atomic mass is 32.2. The van der Waals surface area contributed by atoms with E-state index in [2.05, 4.69) is 21.9 Å². The number of unbranched alkanes of at least 4 members (excludes halogenated alkanes) is 3. The second kappa shape index (κ2) is 8.76. The molecule has 1 unspecified atom stereocenters. The van der Waals surface area contributed by atoms with Gasteiger partial charge < -0.3 is 9.72 Å². The molecule has 1 N–H and O–H groups in total. The second-order valence-electron chi connectivity index (χ2n) is 5.94. The van der Waals surface area contributed by atoms with Gasteiger partial charge in [0.25, 0.3) is 0 Å². The van der Waals surface area contributed by atoms with E-state index >= 15 is 0 Å². The number of hydrogen-bond donors (Lipinski definition) is 1. The zero-order chi connectivity index (χ0) is 17.5. The van der Waals surface area contributed by atoms with Crippen LogP contribution in [0, 0.1) is 0 Å². The molecule has 1 aromatic carbocycles. The smallest absolute Gasteiger partial charge is 0.197 e. The quantitative estimate of drug-likeness (QED) is 0.582. The van der Waals surface area contributed by atoms with Crippen LogP contribution in [0.2, 0.25) is 0 Å². The highest BCUT2D eigenvalue weighted by Gasteiger charge is 2.12. The summed E-state index contributed by atoms with van der Waals surface area (Å²) in [7, 11) is -1.27. The first-order chi connectivity index (χ1) is 12.3. The van der Waals surface area contributed by atoms with Gasteiger partial charge in [-0.1, -0.05) is 38.3 Å². The molecule has 2 aromatic heterocycles. The topological polar surface area (TPSA) is 67.9 Å². The summed E-state index contributed by atoms with van der Waals surface area (Å²) in [5, 5.41) is 0.480. The summed E-state index contributed by atoms with van der Waals surface area (Å²) in [6.45, 7) is 2.90. The van der Waals surface area contributed by atoms with E-state index in [0.717, 1.165) is 28.9 Å². The summed E-state index contributed by atoms with van der Waals surface area (Å²) in [5.74, 6) is 1.09. The molecule has 6 heteroatoms. The minimum Gasteiger partial charge on any atom is -0.493 e. The van der Waals surface area contributed by atoms with E-state index in [1.54, 1.807) is 6.20 Å². The molecule has 0 fully saturated rings. The molecule has 3 rings (SSSR count). The number of aromatic nitrogens is 3. The molecule has 1 atom stereocenters. The maximum atomic E-state index is 12.6. The van der Waals surface area contributed by atoms with Crippen molar-refractivity contribution in [2.45, 2.75) is 43.5 Å². The Kier molecular flexibility index (Phi) is 6.17. The number of aromatic amines is 1. The van der Waals surface area contributed by atoms with Gasteiger partial charge in [0.2, 0.25) is 0 Å². The Hall–Kier alpha value is -2.21. The number of H-pyrrole nitrogens is 1. The van der Waals surface area contributed by atoms with Gasteiger partial charge in [0, 0.05) is 12.3 Å². The van der Waals surface area contributed by atoms with E-state index in [-0.39, 0.29) is 0 Å². The van der Waals surface area contributed by atoms with Crippen LogP contribution in [0.1, 0.15) is 38.3 Å². The number of pyridine rings is 1. The number of nitrogens with one attached hydrogen (secondary N) is 1. The molecule has 0 saturated carbocycles. The van der Waals surface area contributed by atoms with Crippen molar-refractivity contribution in [3.63, 3.8) is 0 Å². The van der Waals surface area contributed by atoms with Crippen molar-refractivity contribution >= 4 is 21.8 Å². The van der Waals surface area contributed by atoms with Crippen molar-refractivity contribution in [3.05, 3.63) is 48.3 Å². The van der Waals surface area contributed by atoms with Crippen molar-refractivity contribution in [1.82, 2.24) is 15.0 Å². The average Bonchev–Trinajstić information content (AvgIpc) is 3.06. The third-order valence-electron chi connectivity index (χ3n) is 3.92. The van der Waals surface area contributed by atoms with Gasteiger partial charge in [-0.15, -0.1) is 0 Å². The molecule has 132 valence electrons. The summed E-state index contributed by atoms with van der Waals surface area (Å²) in [6.07, 6.45) is 6.39. The Morgan fingerprint density at radius 3 is 2.88 bits per heavy atom. The molecule has 0 spiro atoms. The lowest BCUT2D eigenvalue weighted by molar-refractivity contribution is 0.304. The van der Waals surface area contributed by atoms with Crippen molar-refractivity contribution in [2.24, 2.45) is 0 Å². The van der Waals surface area contributed by atoms with Gasteiger partial charge in [-0.2, -0.15) is 0 Å². The maximum absolute atomic E-state index is 12.6. The molecular weight excluding hydrogens is 334 g/mol. The van der Waals surface area contributed by atoms with Gasteiger partial charge in [0.05, 0.1) is 39.9 Å². The lowest BCUT2D eigenvalue weighted by Gasteiger charge is -2.07. The predicted molar refractivity (Wildman–Crippen MR) is 100 cm³/mol. The summed E-state index contributed by atoms with van der Waals surface area (Å²) >= 11 is 0. The Balaban J connectivity index is 1.60. The number of hydrogen-bond acceptors (Lipinski definition) is 4. The summed E-state index contributed by atoms with van der Waals surface area (Å²) in [4.78, 5) is 11.8.